The van der Waals surface area contributed by atoms with Gasteiger partial charge >= 0.3 is 0 Å². The molecule has 10 heteroatoms. The second kappa shape index (κ2) is 8.71. The third-order valence-corrected chi connectivity index (χ3v) is 9.17. The molecule has 3 aliphatic heterocycles. The number of ether oxygens (including phenoxy) is 1. The van der Waals surface area contributed by atoms with E-state index in [4.69, 9.17) is 4.74 Å². The van der Waals surface area contributed by atoms with E-state index >= 15 is 0 Å². The van der Waals surface area contributed by atoms with Crippen LogP contribution in [0.1, 0.15) is 25.7 Å². The molecule has 3 saturated heterocycles. The number of carbonyl (C=O) groups is 2. The van der Waals surface area contributed by atoms with Gasteiger partial charge in [-0.05, 0) is 37.1 Å². The molecule has 3 fully saturated rings. The van der Waals surface area contributed by atoms with Crippen LogP contribution in [-0.4, -0.2) is 86.3 Å². The maximum atomic E-state index is 13.0. The molecule has 160 valence electrons. The number of thiophene rings is 1. The Kier molecular flexibility index (Phi) is 6.24. The van der Waals surface area contributed by atoms with E-state index < -0.39 is 10.0 Å². The highest BCUT2D eigenvalue weighted by molar-refractivity contribution is 7.91. The molecule has 4 rings (SSSR count). The smallest absolute Gasteiger partial charge is 0.252 e. The van der Waals surface area contributed by atoms with Crippen LogP contribution in [0.3, 0.4) is 0 Å². The fourth-order valence-corrected chi connectivity index (χ4v) is 6.95. The first kappa shape index (κ1) is 20.8. The topological polar surface area (TPSA) is 87.2 Å². The lowest BCUT2D eigenvalue weighted by Crippen LogP contribution is -2.55. The average molecular weight is 442 g/mol. The summed E-state index contributed by atoms with van der Waals surface area (Å²) in [7, 11) is -3.53. The largest absolute Gasteiger partial charge is 0.368 e. The zero-order valence-corrected chi connectivity index (χ0v) is 18.0. The van der Waals surface area contributed by atoms with E-state index in [0.717, 1.165) is 12.8 Å². The van der Waals surface area contributed by atoms with Crippen LogP contribution in [0, 0.1) is 5.92 Å². The molecule has 3 aliphatic rings. The Balaban J connectivity index is 1.33. The van der Waals surface area contributed by atoms with Gasteiger partial charge in [0.15, 0.2) is 0 Å². The first-order chi connectivity index (χ1) is 14.0. The van der Waals surface area contributed by atoms with Gasteiger partial charge in [0.05, 0.1) is 5.92 Å². The molecule has 29 heavy (non-hydrogen) atoms. The van der Waals surface area contributed by atoms with Crippen LogP contribution in [0.5, 0.6) is 0 Å². The van der Waals surface area contributed by atoms with E-state index in [9.17, 15) is 18.0 Å². The van der Waals surface area contributed by atoms with Crippen molar-refractivity contribution in [2.24, 2.45) is 5.92 Å². The van der Waals surface area contributed by atoms with Crippen LogP contribution in [0.4, 0.5) is 0 Å². The van der Waals surface area contributed by atoms with Gasteiger partial charge < -0.3 is 14.5 Å². The van der Waals surface area contributed by atoms with Gasteiger partial charge in [-0.3, -0.25) is 9.59 Å². The quantitative estimate of drug-likeness (QED) is 0.696. The lowest BCUT2D eigenvalue weighted by Gasteiger charge is -2.39. The second-order valence-electron chi connectivity index (χ2n) is 7.79. The van der Waals surface area contributed by atoms with E-state index in [0.29, 0.717) is 56.4 Å². The lowest BCUT2D eigenvalue weighted by atomic mass is 9.97. The van der Waals surface area contributed by atoms with Crippen LogP contribution < -0.4 is 0 Å². The number of hydrogen-bond donors (Lipinski definition) is 0. The van der Waals surface area contributed by atoms with E-state index in [1.165, 1.54) is 15.6 Å². The van der Waals surface area contributed by atoms with Crippen molar-refractivity contribution in [3.8, 4) is 0 Å². The van der Waals surface area contributed by atoms with Gasteiger partial charge in [-0.25, -0.2) is 8.42 Å². The Labute approximate surface area is 175 Å². The SMILES string of the molecule is O=C(C1CCCN(S(=O)(=O)c2cccs2)C1)N1CCN(C(=O)C2CCCO2)CC1. The highest BCUT2D eigenvalue weighted by atomic mass is 32.2. The predicted octanol–water partition coefficient (Wildman–Crippen LogP) is 0.999. The number of rotatable bonds is 4. The van der Waals surface area contributed by atoms with Crippen LogP contribution in [0.25, 0.3) is 0 Å². The first-order valence-electron chi connectivity index (χ1n) is 10.2. The van der Waals surface area contributed by atoms with Gasteiger partial charge in [0.1, 0.15) is 10.3 Å². The minimum atomic E-state index is -3.53. The summed E-state index contributed by atoms with van der Waals surface area (Å²) in [5.41, 5.74) is 0. The highest BCUT2D eigenvalue weighted by Crippen LogP contribution is 2.27. The van der Waals surface area contributed by atoms with Gasteiger partial charge in [0.25, 0.3) is 15.9 Å². The van der Waals surface area contributed by atoms with Crippen molar-refractivity contribution < 1.29 is 22.7 Å². The third-order valence-electron chi connectivity index (χ3n) is 5.93. The molecule has 2 atom stereocenters. The van der Waals surface area contributed by atoms with E-state index in [1.807, 2.05) is 0 Å². The Bertz CT molecular complexity index is 828. The molecule has 0 saturated carbocycles. The van der Waals surface area contributed by atoms with Gasteiger partial charge in [-0.15, -0.1) is 11.3 Å². The molecule has 2 unspecified atom stereocenters. The summed E-state index contributed by atoms with van der Waals surface area (Å²) in [4.78, 5) is 29.1. The summed E-state index contributed by atoms with van der Waals surface area (Å²) in [6.07, 6.45) is 2.74. The Morgan fingerprint density at radius 3 is 2.34 bits per heavy atom. The van der Waals surface area contributed by atoms with Crippen molar-refractivity contribution in [3.63, 3.8) is 0 Å². The fourth-order valence-electron chi connectivity index (χ4n) is 4.28. The summed E-state index contributed by atoms with van der Waals surface area (Å²) < 4.78 is 32.8. The van der Waals surface area contributed by atoms with Gasteiger partial charge in [0.2, 0.25) is 5.91 Å². The molecule has 0 aromatic carbocycles. The molecule has 0 radical (unpaired) electrons. The maximum absolute atomic E-state index is 13.0. The molecule has 0 bridgehead atoms. The van der Waals surface area contributed by atoms with E-state index in [1.54, 1.807) is 27.3 Å². The van der Waals surface area contributed by atoms with Gasteiger partial charge in [-0.2, -0.15) is 4.31 Å². The maximum Gasteiger partial charge on any atom is 0.252 e. The summed E-state index contributed by atoms with van der Waals surface area (Å²) in [6.45, 7) is 3.32. The van der Waals surface area contributed by atoms with Crippen LogP contribution in [0.2, 0.25) is 0 Å². The number of amides is 2. The minimum absolute atomic E-state index is 0.000273. The fraction of sp³-hybridized carbons (Fsp3) is 0.684. The first-order valence-corrected chi connectivity index (χ1v) is 12.5. The zero-order valence-electron chi connectivity index (χ0n) is 16.4. The van der Waals surface area contributed by atoms with Crippen molar-refractivity contribution in [1.82, 2.24) is 14.1 Å². The molecular weight excluding hydrogens is 414 g/mol. The second-order valence-corrected chi connectivity index (χ2v) is 10.9. The zero-order chi connectivity index (χ0) is 20.4. The standard InChI is InChI=1S/C19H27N3O5S2/c23-18(20-8-10-21(11-9-20)19(24)16-5-2-12-27-16)15-4-1-7-22(14-15)29(25,26)17-6-3-13-28-17/h3,6,13,15-16H,1-2,4-5,7-12,14H2. The van der Waals surface area contributed by atoms with Crippen molar-refractivity contribution in [1.29, 1.82) is 0 Å². The number of carbonyl (C=O) groups excluding carboxylic acids is 2. The van der Waals surface area contributed by atoms with E-state index in [-0.39, 0.29) is 30.4 Å². The number of nitrogens with zero attached hydrogens (tertiary/aromatic N) is 3. The molecule has 8 nitrogen and oxygen atoms in total. The van der Waals surface area contributed by atoms with Gasteiger partial charge in [-0.1, -0.05) is 6.07 Å². The Morgan fingerprint density at radius 2 is 1.72 bits per heavy atom. The summed E-state index contributed by atoms with van der Waals surface area (Å²) in [5, 5.41) is 1.75. The summed E-state index contributed by atoms with van der Waals surface area (Å²) >= 11 is 1.20. The highest BCUT2D eigenvalue weighted by Gasteiger charge is 2.37. The molecule has 0 spiro atoms. The Hall–Kier alpha value is -1.49. The van der Waals surface area contributed by atoms with Gasteiger partial charge in [0, 0.05) is 45.9 Å². The molecule has 1 aromatic heterocycles. The van der Waals surface area contributed by atoms with Crippen molar-refractivity contribution in [2.45, 2.75) is 36.0 Å². The van der Waals surface area contributed by atoms with Crippen molar-refractivity contribution in [2.75, 3.05) is 45.9 Å². The molecular formula is C19H27N3O5S2. The average Bonchev–Trinajstić information content (AvgIpc) is 3.47. The Morgan fingerprint density at radius 1 is 1.00 bits per heavy atom. The molecule has 4 heterocycles. The minimum Gasteiger partial charge on any atom is -0.368 e. The molecule has 1 aromatic rings. The normalized spacial score (nSPS) is 26.6. The third kappa shape index (κ3) is 4.35. The number of piperidine rings is 1. The predicted molar refractivity (Wildman–Crippen MR) is 108 cm³/mol. The summed E-state index contributed by atoms with van der Waals surface area (Å²) in [6, 6.07) is 3.33. The van der Waals surface area contributed by atoms with E-state index in [2.05, 4.69) is 0 Å². The van der Waals surface area contributed by atoms with Crippen LogP contribution in [-0.2, 0) is 24.3 Å². The molecule has 0 aliphatic carbocycles. The number of sulfonamides is 1. The molecule has 2 amide bonds. The van der Waals surface area contributed by atoms with Crippen LogP contribution >= 0.6 is 11.3 Å². The van der Waals surface area contributed by atoms with Crippen LogP contribution in [0.15, 0.2) is 21.7 Å². The summed E-state index contributed by atoms with van der Waals surface area (Å²) in [5.74, 6) is -0.292. The number of hydrogen-bond acceptors (Lipinski definition) is 6. The molecule has 0 N–H and O–H groups in total. The van der Waals surface area contributed by atoms with Crippen molar-refractivity contribution >= 4 is 33.2 Å². The lowest BCUT2D eigenvalue weighted by molar-refractivity contribution is -0.147. The number of piperazine rings is 1. The monoisotopic (exact) mass is 441 g/mol. The van der Waals surface area contributed by atoms with Crippen molar-refractivity contribution in [3.05, 3.63) is 17.5 Å².